The molecule has 4 nitrogen and oxygen atoms in total. The molecule has 0 unspecified atom stereocenters. The maximum Gasteiger partial charge on any atom is 0.214 e. The van der Waals surface area contributed by atoms with Gasteiger partial charge in [-0.15, -0.1) is 0 Å². The van der Waals surface area contributed by atoms with Crippen LogP contribution >= 0.6 is 0 Å². The molecule has 5 heteroatoms. The van der Waals surface area contributed by atoms with Crippen LogP contribution in [0.2, 0.25) is 0 Å². The van der Waals surface area contributed by atoms with E-state index in [1.54, 1.807) is 0 Å². The van der Waals surface area contributed by atoms with Crippen molar-refractivity contribution in [1.82, 2.24) is 4.72 Å². The molecule has 1 fully saturated rings. The van der Waals surface area contributed by atoms with Crippen molar-refractivity contribution in [3.05, 3.63) is 0 Å². The molecule has 0 aromatic rings. The average Bonchev–Trinajstić information content (AvgIpc) is 2.28. The van der Waals surface area contributed by atoms with Gasteiger partial charge in [-0.25, -0.2) is 13.1 Å². The predicted octanol–water partition coefficient (Wildman–Crippen LogP) is 1.26. The van der Waals surface area contributed by atoms with E-state index in [9.17, 15) is 8.42 Å². The second-order valence-electron chi connectivity index (χ2n) is 5.45. The Balaban J connectivity index is 2.51. The number of aliphatic hydroxyl groups excluding tert-OH is 1. The first kappa shape index (κ1) is 13.9. The number of aliphatic hydroxyl groups is 1. The summed E-state index contributed by atoms with van der Waals surface area (Å²) in [5, 5.41) is 8.84. The van der Waals surface area contributed by atoms with Gasteiger partial charge >= 0.3 is 0 Å². The van der Waals surface area contributed by atoms with Gasteiger partial charge in [0.05, 0.1) is 5.25 Å². The molecular formula is C11H23NO3S. The van der Waals surface area contributed by atoms with Crippen molar-refractivity contribution in [2.24, 2.45) is 5.41 Å². The van der Waals surface area contributed by atoms with Crippen molar-refractivity contribution < 1.29 is 13.5 Å². The summed E-state index contributed by atoms with van der Waals surface area (Å²) in [4.78, 5) is 0. The Bertz CT molecular complexity index is 305. The van der Waals surface area contributed by atoms with Crippen molar-refractivity contribution in [1.29, 1.82) is 0 Å². The third-order valence-electron chi connectivity index (χ3n) is 3.17. The summed E-state index contributed by atoms with van der Waals surface area (Å²) in [6.45, 7) is 3.98. The number of sulfonamides is 1. The lowest BCUT2D eigenvalue weighted by Gasteiger charge is -2.26. The first-order valence-electron chi connectivity index (χ1n) is 5.97. The highest BCUT2D eigenvalue weighted by atomic mass is 32.2. The highest BCUT2D eigenvalue weighted by Crippen LogP contribution is 2.23. The minimum atomic E-state index is -3.19. The second kappa shape index (κ2) is 5.47. The van der Waals surface area contributed by atoms with Crippen LogP contribution in [0, 0.1) is 5.41 Å². The zero-order chi connectivity index (χ0) is 12.2. The van der Waals surface area contributed by atoms with Crippen molar-refractivity contribution >= 4 is 10.0 Å². The molecule has 1 rings (SSSR count). The normalized spacial score (nSPS) is 19.9. The summed E-state index contributed by atoms with van der Waals surface area (Å²) >= 11 is 0. The van der Waals surface area contributed by atoms with Gasteiger partial charge in [0.25, 0.3) is 0 Å². The van der Waals surface area contributed by atoms with E-state index in [1.807, 2.05) is 13.8 Å². The molecule has 0 spiro atoms. The lowest BCUT2D eigenvalue weighted by atomic mass is 9.96. The standard InChI is InChI=1S/C11H23NO3S/c1-11(2,9-13)8-12-16(14,15)10-6-4-3-5-7-10/h10,12-13H,3-9H2,1-2H3. The molecule has 1 aliphatic rings. The third kappa shape index (κ3) is 4.03. The van der Waals surface area contributed by atoms with Crippen molar-refractivity contribution in [3.8, 4) is 0 Å². The highest BCUT2D eigenvalue weighted by Gasteiger charge is 2.28. The quantitative estimate of drug-likeness (QED) is 0.771. The average molecular weight is 249 g/mol. The number of rotatable bonds is 5. The Morgan fingerprint density at radius 3 is 2.31 bits per heavy atom. The van der Waals surface area contributed by atoms with Crippen LogP contribution in [0.25, 0.3) is 0 Å². The van der Waals surface area contributed by atoms with E-state index in [4.69, 9.17) is 5.11 Å². The summed E-state index contributed by atoms with van der Waals surface area (Å²) in [6.07, 6.45) is 4.71. The molecule has 16 heavy (non-hydrogen) atoms. The van der Waals surface area contributed by atoms with Gasteiger partial charge in [-0.2, -0.15) is 0 Å². The Kier molecular flexibility index (Phi) is 4.76. The molecule has 0 aliphatic heterocycles. The van der Waals surface area contributed by atoms with Gasteiger partial charge in [0.15, 0.2) is 0 Å². The fraction of sp³-hybridized carbons (Fsp3) is 1.00. The molecule has 1 aliphatic carbocycles. The van der Waals surface area contributed by atoms with Gasteiger partial charge in [0.2, 0.25) is 10.0 Å². The van der Waals surface area contributed by atoms with E-state index in [0.29, 0.717) is 6.54 Å². The molecule has 2 N–H and O–H groups in total. The zero-order valence-electron chi connectivity index (χ0n) is 10.2. The summed E-state index contributed by atoms with van der Waals surface area (Å²) in [5.74, 6) is 0. The van der Waals surface area contributed by atoms with Gasteiger partial charge in [0.1, 0.15) is 0 Å². The van der Waals surface area contributed by atoms with Gasteiger partial charge in [-0.1, -0.05) is 33.1 Å². The van der Waals surface area contributed by atoms with Gasteiger partial charge in [-0.3, -0.25) is 0 Å². The van der Waals surface area contributed by atoms with E-state index >= 15 is 0 Å². The maximum absolute atomic E-state index is 12.0. The fourth-order valence-corrected chi connectivity index (χ4v) is 3.63. The molecule has 0 amide bonds. The van der Waals surface area contributed by atoms with E-state index in [-0.39, 0.29) is 17.3 Å². The Labute approximate surface area is 98.5 Å². The number of hydrogen-bond acceptors (Lipinski definition) is 3. The lowest BCUT2D eigenvalue weighted by Crippen LogP contribution is -2.41. The van der Waals surface area contributed by atoms with Crippen LogP contribution in [0.5, 0.6) is 0 Å². The third-order valence-corrected chi connectivity index (χ3v) is 5.07. The zero-order valence-corrected chi connectivity index (χ0v) is 11.0. The Hall–Kier alpha value is -0.130. The van der Waals surface area contributed by atoms with E-state index in [1.165, 1.54) is 0 Å². The summed E-state index contributed by atoms with van der Waals surface area (Å²) in [5.41, 5.74) is -0.387. The van der Waals surface area contributed by atoms with Crippen LogP contribution in [-0.2, 0) is 10.0 Å². The molecular weight excluding hydrogens is 226 g/mol. The number of hydrogen-bond donors (Lipinski definition) is 2. The summed E-state index contributed by atoms with van der Waals surface area (Å²) in [6, 6.07) is 0. The van der Waals surface area contributed by atoms with Crippen molar-refractivity contribution in [2.75, 3.05) is 13.2 Å². The Morgan fingerprint density at radius 1 is 1.25 bits per heavy atom. The van der Waals surface area contributed by atoms with Crippen LogP contribution in [0.4, 0.5) is 0 Å². The molecule has 1 saturated carbocycles. The molecule has 96 valence electrons. The van der Waals surface area contributed by atoms with E-state index in [0.717, 1.165) is 32.1 Å². The largest absolute Gasteiger partial charge is 0.396 e. The van der Waals surface area contributed by atoms with Crippen molar-refractivity contribution in [3.63, 3.8) is 0 Å². The lowest BCUT2D eigenvalue weighted by molar-refractivity contribution is 0.163. The first-order valence-corrected chi connectivity index (χ1v) is 7.51. The van der Waals surface area contributed by atoms with Crippen LogP contribution in [0.1, 0.15) is 46.0 Å². The summed E-state index contributed by atoms with van der Waals surface area (Å²) < 4.78 is 26.5. The molecule has 0 bridgehead atoms. The fourth-order valence-electron chi connectivity index (χ4n) is 1.85. The molecule has 0 atom stereocenters. The smallest absolute Gasteiger partial charge is 0.214 e. The highest BCUT2D eigenvalue weighted by molar-refractivity contribution is 7.90. The van der Waals surface area contributed by atoms with Gasteiger partial charge in [-0.05, 0) is 12.8 Å². The molecule has 0 radical (unpaired) electrons. The maximum atomic E-state index is 12.0. The Morgan fingerprint density at radius 2 is 1.81 bits per heavy atom. The van der Waals surface area contributed by atoms with Crippen LogP contribution in [-0.4, -0.2) is 31.9 Å². The first-order chi connectivity index (χ1) is 7.37. The van der Waals surface area contributed by atoms with Crippen LogP contribution < -0.4 is 4.72 Å². The SMILES string of the molecule is CC(C)(CO)CNS(=O)(=O)C1CCCCC1. The van der Waals surface area contributed by atoms with Crippen molar-refractivity contribution in [2.45, 2.75) is 51.2 Å². The van der Waals surface area contributed by atoms with Gasteiger partial charge in [0, 0.05) is 18.6 Å². The minimum absolute atomic E-state index is 0.0137. The topological polar surface area (TPSA) is 66.4 Å². The molecule has 0 aromatic heterocycles. The molecule has 0 saturated heterocycles. The van der Waals surface area contributed by atoms with E-state index < -0.39 is 10.0 Å². The predicted molar refractivity (Wildman–Crippen MR) is 64.7 cm³/mol. The van der Waals surface area contributed by atoms with Gasteiger partial charge < -0.3 is 5.11 Å². The summed E-state index contributed by atoms with van der Waals surface area (Å²) in [7, 11) is -3.19. The van der Waals surface area contributed by atoms with Crippen LogP contribution in [0.3, 0.4) is 0 Å². The van der Waals surface area contributed by atoms with E-state index in [2.05, 4.69) is 4.72 Å². The molecule has 0 heterocycles. The van der Waals surface area contributed by atoms with Crippen LogP contribution in [0.15, 0.2) is 0 Å². The number of nitrogens with one attached hydrogen (secondary N) is 1. The monoisotopic (exact) mass is 249 g/mol. The minimum Gasteiger partial charge on any atom is -0.396 e. The molecule has 0 aromatic carbocycles. The second-order valence-corrected chi connectivity index (χ2v) is 7.49.